The molecule has 1 N–H and O–H groups in total. The minimum Gasteiger partial charge on any atom is -0.361 e. The van der Waals surface area contributed by atoms with Crippen LogP contribution in [0.4, 0.5) is 0 Å². The number of carbonyl (C=O) groups is 1. The first kappa shape index (κ1) is 14.1. The van der Waals surface area contributed by atoms with Crippen LogP contribution in [-0.4, -0.2) is 11.1 Å². The van der Waals surface area contributed by atoms with Crippen LogP contribution in [0.5, 0.6) is 0 Å². The van der Waals surface area contributed by atoms with Crippen molar-refractivity contribution < 1.29 is 9.32 Å². The third-order valence-corrected chi connectivity index (χ3v) is 2.91. The molecule has 0 fully saturated rings. The Bertz CT molecular complexity index is 643. The van der Waals surface area contributed by atoms with E-state index in [4.69, 9.17) is 21.4 Å². The molecule has 1 unspecified atom stereocenters. The number of rotatable bonds is 4. The fourth-order valence-corrected chi connectivity index (χ4v) is 1.85. The van der Waals surface area contributed by atoms with Gasteiger partial charge in [0.05, 0.1) is 18.2 Å². The Morgan fingerprint density at radius 1 is 1.50 bits per heavy atom. The Hall–Kier alpha value is -2.32. The Labute approximate surface area is 121 Å². The first-order valence-electron chi connectivity index (χ1n) is 5.95. The van der Waals surface area contributed by atoms with Crippen LogP contribution in [-0.2, 0) is 11.2 Å². The lowest BCUT2D eigenvalue weighted by atomic mass is 10.1. The average molecular weight is 290 g/mol. The minimum atomic E-state index is -0.715. The number of carbonyl (C=O) groups excluding carboxylic acids is 1. The van der Waals surface area contributed by atoms with Crippen LogP contribution in [0.25, 0.3) is 0 Å². The fourth-order valence-electron chi connectivity index (χ4n) is 1.72. The minimum absolute atomic E-state index is 0.0725. The Kier molecular flexibility index (Phi) is 4.38. The van der Waals surface area contributed by atoms with Crippen LogP contribution < -0.4 is 5.32 Å². The Morgan fingerprint density at radius 2 is 2.20 bits per heavy atom. The molecule has 5 nitrogen and oxygen atoms in total. The number of nitriles is 1. The van der Waals surface area contributed by atoms with Crippen molar-refractivity contribution in [2.45, 2.75) is 19.4 Å². The van der Waals surface area contributed by atoms with E-state index in [2.05, 4.69) is 10.5 Å². The number of nitrogens with one attached hydrogen (secondary N) is 1. The number of halogens is 1. The lowest BCUT2D eigenvalue weighted by molar-refractivity contribution is -0.120. The number of nitrogens with zero attached hydrogens (tertiary/aromatic N) is 2. The zero-order valence-electron chi connectivity index (χ0n) is 10.8. The van der Waals surface area contributed by atoms with Crippen LogP contribution in [0.3, 0.4) is 0 Å². The van der Waals surface area contributed by atoms with E-state index in [0.717, 1.165) is 0 Å². The highest BCUT2D eigenvalue weighted by Gasteiger charge is 2.15. The molecule has 0 aliphatic heterocycles. The summed E-state index contributed by atoms with van der Waals surface area (Å²) in [5, 5.41) is 16.1. The second-order valence-corrected chi connectivity index (χ2v) is 4.72. The molecule has 0 saturated carbocycles. The number of hydrogen-bond donors (Lipinski definition) is 1. The number of amides is 1. The first-order valence-corrected chi connectivity index (χ1v) is 6.33. The van der Waals surface area contributed by atoms with Gasteiger partial charge in [0.2, 0.25) is 5.91 Å². The fraction of sp³-hybridized carbons (Fsp3) is 0.214. The van der Waals surface area contributed by atoms with E-state index in [1.54, 1.807) is 37.3 Å². The molecule has 2 aromatic rings. The van der Waals surface area contributed by atoms with E-state index >= 15 is 0 Å². The summed E-state index contributed by atoms with van der Waals surface area (Å²) in [5.41, 5.74) is 1.22. The summed E-state index contributed by atoms with van der Waals surface area (Å²) >= 11 is 5.79. The van der Waals surface area contributed by atoms with Crippen molar-refractivity contribution in [3.05, 3.63) is 52.4 Å². The van der Waals surface area contributed by atoms with E-state index in [1.807, 2.05) is 6.07 Å². The predicted octanol–water partition coefficient (Wildman–Crippen LogP) is 2.56. The highest BCUT2D eigenvalue weighted by molar-refractivity contribution is 6.30. The first-order chi connectivity index (χ1) is 9.58. The number of benzene rings is 1. The van der Waals surface area contributed by atoms with Crippen molar-refractivity contribution in [1.82, 2.24) is 10.5 Å². The molecule has 1 aromatic carbocycles. The summed E-state index contributed by atoms with van der Waals surface area (Å²) in [6.45, 7) is 1.75. The molecule has 1 amide bonds. The van der Waals surface area contributed by atoms with Gasteiger partial charge in [-0.2, -0.15) is 5.26 Å². The second-order valence-electron chi connectivity index (χ2n) is 4.29. The van der Waals surface area contributed by atoms with Gasteiger partial charge in [0.1, 0.15) is 11.8 Å². The van der Waals surface area contributed by atoms with Gasteiger partial charge in [-0.15, -0.1) is 0 Å². The topological polar surface area (TPSA) is 78.9 Å². The van der Waals surface area contributed by atoms with E-state index in [0.29, 0.717) is 22.0 Å². The third-order valence-electron chi connectivity index (χ3n) is 2.66. The SMILES string of the molecule is Cc1cc(CC(=O)NC(C#N)c2ccc(Cl)cc2)no1. The number of aryl methyl sites for hydroxylation is 1. The van der Waals surface area contributed by atoms with Gasteiger partial charge in [-0.25, -0.2) is 0 Å². The van der Waals surface area contributed by atoms with Gasteiger partial charge in [0.15, 0.2) is 0 Å². The summed E-state index contributed by atoms with van der Waals surface area (Å²) < 4.78 is 4.88. The van der Waals surface area contributed by atoms with Gasteiger partial charge in [-0.1, -0.05) is 28.9 Å². The van der Waals surface area contributed by atoms with Gasteiger partial charge >= 0.3 is 0 Å². The van der Waals surface area contributed by atoms with Crippen molar-refractivity contribution in [2.24, 2.45) is 0 Å². The second kappa shape index (κ2) is 6.22. The van der Waals surface area contributed by atoms with E-state index in [-0.39, 0.29) is 12.3 Å². The molecule has 0 saturated heterocycles. The van der Waals surface area contributed by atoms with E-state index in [1.165, 1.54) is 0 Å². The normalized spacial score (nSPS) is 11.7. The summed E-state index contributed by atoms with van der Waals surface area (Å²) in [7, 11) is 0. The zero-order chi connectivity index (χ0) is 14.5. The molecule has 1 heterocycles. The van der Waals surface area contributed by atoms with Crippen molar-refractivity contribution in [3.8, 4) is 6.07 Å². The number of aromatic nitrogens is 1. The maximum absolute atomic E-state index is 11.9. The molecule has 1 atom stereocenters. The highest BCUT2D eigenvalue weighted by atomic mass is 35.5. The maximum Gasteiger partial charge on any atom is 0.227 e. The van der Waals surface area contributed by atoms with Gasteiger partial charge in [0, 0.05) is 11.1 Å². The number of hydrogen-bond acceptors (Lipinski definition) is 4. The largest absolute Gasteiger partial charge is 0.361 e. The molecule has 1 aromatic heterocycles. The molecule has 6 heteroatoms. The monoisotopic (exact) mass is 289 g/mol. The molecule has 0 spiro atoms. The molecule has 0 bridgehead atoms. The van der Waals surface area contributed by atoms with Crippen LogP contribution in [0.1, 0.15) is 23.1 Å². The van der Waals surface area contributed by atoms with Crippen molar-refractivity contribution in [2.75, 3.05) is 0 Å². The van der Waals surface area contributed by atoms with Crippen molar-refractivity contribution >= 4 is 17.5 Å². The summed E-state index contributed by atoms with van der Waals surface area (Å²) in [6.07, 6.45) is 0.0725. The standard InChI is InChI=1S/C14H12ClN3O2/c1-9-6-12(18-20-9)7-14(19)17-13(8-16)10-2-4-11(15)5-3-10/h2-6,13H,7H2,1H3,(H,17,19). The quantitative estimate of drug-likeness (QED) is 0.938. The molecule has 2 rings (SSSR count). The van der Waals surface area contributed by atoms with Gasteiger partial charge in [-0.3, -0.25) is 4.79 Å². The van der Waals surface area contributed by atoms with Gasteiger partial charge in [-0.05, 0) is 24.6 Å². The van der Waals surface area contributed by atoms with Crippen molar-refractivity contribution in [1.29, 1.82) is 5.26 Å². The molecule has 20 heavy (non-hydrogen) atoms. The smallest absolute Gasteiger partial charge is 0.227 e. The molecular weight excluding hydrogens is 278 g/mol. The summed E-state index contributed by atoms with van der Waals surface area (Å²) in [6, 6.07) is 9.77. The molecule has 0 aliphatic carbocycles. The average Bonchev–Trinajstić information content (AvgIpc) is 2.82. The van der Waals surface area contributed by atoms with Crippen LogP contribution in [0.15, 0.2) is 34.9 Å². The highest BCUT2D eigenvalue weighted by Crippen LogP contribution is 2.16. The van der Waals surface area contributed by atoms with Gasteiger partial charge in [0.25, 0.3) is 0 Å². The molecular formula is C14H12ClN3O2. The molecule has 102 valence electrons. The molecule has 0 radical (unpaired) electrons. The maximum atomic E-state index is 11.9. The summed E-state index contributed by atoms with van der Waals surface area (Å²) in [5.74, 6) is 0.349. The van der Waals surface area contributed by atoms with E-state index < -0.39 is 6.04 Å². The van der Waals surface area contributed by atoms with Crippen LogP contribution in [0, 0.1) is 18.3 Å². The third kappa shape index (κ3) is 3.59. The summed E-state index contributed by atoms with van der Waals surface area (Å²) in [4.78, 5) is 11.9. The van der Waals surface area contributed by atoms with Crippen LogP contribution in [0.2, 0.25) is 5.02 Å². The van der Waals surface area contributed by atoms with Crippen molar-refractivity contribution in [3.63, 3.8) is 0 Å². The molecule has 0 aliphatic rings. The lowest BCUT2D eigenvalue weighted by Gasteiger charge is -2.11. The van der Waals surface area contributed by atoms with Gasteiger partial charge < -0.3 is 9.84 Å². The Morgan fingerprint density at radius 3 is 2.75 bits per heavy atom. The Balaban J connectivity index is 2.01. The zero-order valence-corrected chi connectivity index (χ0v) is 11.5. The lowest BCUT2D eigenvalue weighted by Crippen LogP contribution is -2.29. The predicted molar refractivity (Wildman–Crippen MR) is 72.9 cm³/mol. The van der Waals surface area contributed by atoms with E-state index in [9.17, 15) is 4.79 Å². The van der Waals surface area contributed by atoms with Crippen LogP contribution >= 0.6 is 11.6 Å².